The van der Waals surface area contributed by atoms with Gasteiger partial charge >= 0.3 is 6.18 Å². The Bertz CT molecular complexity index is 1010. The van der Waals surface area contributed by atoms with Gasteiger partial charge in [-0.15, -0.1) is 0 Å². The summed E-state index contributed by atoms with van der Waals surface area (Å²) in [5, 5.41) is 0. The predicted octanol–water partition coefficient (Wildman–Crippen LogP) is 7.78. The highest BCUT2D eigenvalue weighted by molar-refractivity contribution is 5.35. The molecule has 32 heavy (non-hydrogen) atoms. The minimum absolute atomic E-state index is 0.0116. The molecule has 170 valence electrons. The summed E-state index contributed by atoms with van der Waals surface area (Å²) in [6.45, 7) is 5.38. The van der Waals surface area contributed by atoms with Crippen molar-refractivity contribution in [3.63, 3.8) is 0 Å². The van der Waals surface area contributed by atoms with E-state index in [4.69, 9.17) is 9.47 Å². The lowest BCUT2D eigenvalue weighted by Crippen LogP contribution is -2.25. The fourth-order valence-electron chi connectivity index (χ4n) is 3.22. The second-order valence-electron chi connectivity index (χ2n) is 8.66. The molecule has 0 aliphatic heterocycles. The zero-order valence-corrected chi connectivity index (χ0v) is 18.2. The van der Waals surface area contributed by atoms with Crippen LogP contribution in [0.15, 0.2) is 72.8 Å². The number of hydrogen-bond donors (Lipinski definition) is 0. The monoisotopic (exact) mass is 446 g/mol. The van der Waals surface area contributed by atoms with E-state index in [2.05, 4.69) is 0 Å². The summed E-state index contributed by atoms with van der Waals surface area (Å²) < 4.78 is 66.0. The van der Waals surface area contributed by atoms with Gasteiger partial charge in [-0.25, -0.2) is 4.39 Å². The van der Waals surface area contributed by atoms with Crippen LogP contribution in [0.5, 0.6) is 11.5 Å². The van der Waals surface area contributed by atoms with Crippen LogP contribution in [0, 0.1) is 5.82 Å². The van der Waals surface area contributed by atoms with Crippen LogP contribution in [0.1, 0.15) is 43.4 Å². The Morgan fingerprint density at radius 2 is 1.50 bits per heavy atom. The Labute approximate surface area is 185 Å². The number of rotatable bonds is 7. The molecule has 3 rings (SSSR count). The van der Waals surface area contributed by atoms with Crippen LogP contribution in [0.4, 0.5) is 17.6 Å². The minimum atomic E-state index is -4.45. The standard InChI is InChI=1S/C26H26F4O2/c1-25(2,3)20-12-10-19(11-13-20)22(26(28,29)30)17-31-16-18-9-14-23(27)24(15-18)32-21-7-5-4-6-8-21/h4-15,22H,16-17H2,1-3H3. The van der Waals surface area contributed by atoms with Gasteiger partial charge in [0.25, 0.3) is 0 Å². The van der Waals surface area contributed by atoms with E-state index in [0.717, 1.165) is 5.56 Å². The molecule has 2 nitrogen and oxygen atoms in total. The van der Waals surface area contributed by atoms with Crippen molar-refractivity contribution in [2.75, 3.05) is 6.61 Å². The van der Waals surface area contributed by atoms with Crippen molar-refractivity contribution in [2.45, 2.75) is 44.9 Å². The van der Waals surface area contributed by atoms with Crippen molar-refractivity contribution in [3.8, 4) is 11.5 Å². The Morgan fingerprint density at radius 1 is 0.844 bits per heavy atom. The van der Waals surface area contributed by atoms with Gasteiger partial charge in [-0.05, 0) is 46.4 Å². The molecule has 0 amide bonds. The molecule has 0 radical (unpaired) electrons. The summed E-state index contributed by atoms with van der Waals surface area (Å²) >= 11 is 0. The Hall–Kier alpha value is -2.86. The highest BCUT2D eigenvalue weighted by Crippen LogP contribution is 2.36. The molecule has 1 atom stereocenters. The first-order valence-electron chi connectivity index (χ1n) is 10.3. The van der Waals surface area contributed by atoms with E-state index < -0.39 is 24.5 Å². The zero-order chi connectivity index (χ0) is 23.4. The van der Waals surface area contributed by atoms with Gasteiger partial charge in [-0.3, -0.25) is 0 Å². The van der Waals surface area contributed by atoms with E-state index in [0.29, 0.717) is 11.3 Å². The van der Waals surface area contributed by atoms with E-state index >= 15 is 0 Å². The van der Waals surface area contributed by atoms with E-state index in [1.165, 1.54) is 30.3 Å². The summed E-state index contributed by atoms with van der Waals surface area (Å²) in [5.41, 5.74) is 1.48. The van der Waals surface area contributed by atoms with Crippen LogP contribution >= 0.6 is 0 Å². The lowest BCUT2D eigenvalue weighted by Gasteiger charge is -2.23. The summed E-state index contributed by atoms with van der Waals surface area (Å²) in [6, 6.07) is 19.3. The number of benzene rings is 3. The predicted molar refractivity (Wildman–Crippen MR) is 117 cm³/mol. The summed E-state index contributed by atoms with van der Waals surface area (Å²) in [5.74, 6) is -1.87. The molecule has 0 saturated heterocycles. The Morgan fingerprint density at radius 3 is 2.09 bits per heavy atom. The fourth-order valence-corrected chi connectivity index (χ4v) is 3.22. The highest BCUT2D eigenvalue weighted by Gasteiger charge is 2.41. The number of hydrogen-bond acceptors (Lipinski definition) is 2. The second-order valence-corrected chi connectivity index (χ2v) is 8.66. The molecule has 0 heterocycles. The maximum absolute atomic E-state index is 14.1. The van der Waals surface area contributed by atoms with E-state index in [1.807, 2.05) is 20.8 Å². The van der Waals surface area contributed by atoms with Gasteiger partial charge in [0.15, 0.2) is 11.6 Å². The molecule has 0 bridgehead atoms. The molecule has 0 aliphatic rings. The first kappa shape index (κ1) is 23.8. The zero-order valence-electron chi connectivity index (χ0n) is 18.2. The molecule has 0 aromatic heterocycles. The van der Waals surface area contributed by atoms with Crippen LogP contribution < -0.4 is 4.74 Å². The molecular weight excluding hydrogens is 420 g/mol. The summed E-state index contributed by atoms with van der Waals surface area (Å²) in [4.78, 5) is 0. The molecular formula is C26H26F4O2. The normalized spacial score (nSPS) is 13.1. The fraction of sp³-hybridized carbons (Fsp3) is 0.308. The van der Waals surface area contributed by atoms with Gasteiger partial charge in [0.05, 0.1) is 13.2 Å². The molecule has 1 unspecified atom stereocenters. The quantitative estimate of drug-likeness (QED) is 0.345. The molecule has 0 N–H and O–H groups in total. The first-order chi connectivity index (χ1) is 15.0. The molecule has 3 aromatic rings. The third kappa shape index (κ3) is 6.33. The van der Waals surface area contributed by atoms with Gasteiger partial charge in [0.2, 0.25) is 0 Å². The van der Waals surface area contributed by atoms with Crippen molar-refractivity contribution in [1.82, 2.24) is 0 Å². The third-order valence-corrected chi connectivity index (χ3v) is 5.09. The third-order valence-electron chi connectivity index (χ3n) is 5.09. The Balaban J connectivity index is 1.68. The smallest absolute Gasteiger partial charge is 0.397 e. The Kier molecular flexibility index (Phi) is 7.24. The van der Waals surface area contributed by atoms with Crippen molar-refractivity contribution in [3.05, 3.63) is 95.3 Å². The van der Waals surface area contributed by atoms with Gasteiger partial charge < -0.3 is 9.47 Å². The number of halogens is 4. The van der Waals surface area contributed by atoms with E-state index in [9.17, 15) is 17.6 Å². The van der Waals surface area contributed by atoms with Crippen molar-refractivity contribution in [1.29, 1.82) is 0 Å². The maximum Gasteiger partial charge on any atom is 0.397 e. The average molecular weight is 446 g/mol. The molecule has 0 fully saturated rings. The largest absolute Gasteiger partial charge is 0.454 e. The van der Waals surface area contributed by atoms with Gasteiger partial charge in [0.1, 0.15) is 11.7 Å². The molecule has 0 aliphatic carbocycles. The highest BCUT2D eigenvalue weighted by atomic mass is 19.4. The number of ether oxygens (including phenoxy) is 2. The summed E-state index contributed by atoms with van der Waals surface area (Å²) in [7, 11) is 0. The van der Waals surface area contributed by atoms with Crippen LogP contribution in [-0.2, 0) is 16.8 Å². The van der Waals surface area contributed by atoms with Crippen molar-refractivity contribution >= 4 is 0 Å². The molecule has 6 heteroatoms. The number of alkyl halides is 3. The summed E-state index contributed by atoms with van der Waals surface area (Å²) in [6.07, 6.45) is -4.45. The van der Waals surface area contributed by atoms with Gasteiger partial charge in [-0.1, -0.05) is 69.3 Å². The topological polar surface area (TPSA) is 18.5 Å². The van der Waals surface area contributed by atoms with E-state index in [-0.39, 0.29) is 23.3 Å². The van der Waals surface area contributed by atoms with Crippen molar-refractivity contribution in [2.24, 2.45) is 0 Å². The van der Waals surface area contributed by atoms with Gasteiger partial charge in [-0.2, -0.15) is 13.2 Å². The molecule has 3 aromatic carbocycles. The second kappa shape index (κ2) is 9.74. The van der Waals surface area contributed by atoms with Crippen LogP contribution in [0.2, 0.25) is 0 Å². The average Bonchev–Trinajstić information content (AvgIpc) is 2.73. The minimum Gasteiger partial charge on any atom is -0.454 e. The lowest BCUT2D eigenvalue weighted by atomic mass is 9.85. The van der Waals surface area contributed by atoms with Crippen LogP contribution in [0.25, 0.3) is 0 Å². The van der Waals surface area contributed by atoms with Crippen molar-refractivity contribution < 1.29 is 27.0 Å². The van der Waals surface area contributed by atoms with Crippen LogP contribution in [0.3, 0.4) is 0 Å². The first-order valence-corrected chi connectivity index (χ1v) is 10.3. The van der Waals surface area contributed by atoms with E-state index in [1.54, 1.807) is 42.5 Å². The van der Waals surface area contributed by atoms with Crippen LogP contribution in [-0.4, -0.2) is 12.8 Å². The number of para-hydroxylation sites is 1. The van der Waals surface area contributed by atoms with Gasteiger partial charge in [0, 0.05) is 0 Å². The maximum atomic E-state index is 14.1. The molecule has 0 saturated carbocycles. The lowest BCUT2D eigenvalue weighted by molar-refractivity contribution is -0.163. The SMILES string of the molecule is CC(C)(C)c1ccc(C(COCc2ccc(F)c(Oc3ccccc3)c2)C(F)(F)F)cc1. The molecule has 0 spiro atoms.